The van der Waals surface area contributed by atoms with E-state index in [2.05, 4.69) is 0 Å². The standard InChI is InChI=1S/C18H23FN2O2.ClH/c19-15-7-5-13(6-8-15)16(22)14-4-3-11-21(12-14)17(23)18(20)9-1-2-10-18;/h5-8,14H,1-4,9-12,20H2;1H. The van der Waals surface area contributed by atoms with Gasteiger partial charge in [-0.2, -0.15) is 0 Å². The summed E-state index contributed by atoms with van der Waals surface area (Å²) in [6, 6.07) is 5.62. The van der Waals surface area contributed by atoms with E-state index in [-0.39, 0.29) is 35.8 Å². The number of halogens is 2. The van der Waals surface area contributed by atoms with Gasteiger partial charge in [-0.15, -0.1) is 12.4 Å². The molecule has 24 heavy (non-hydrogen) atoms. The number of hydrogen-bond acceptors (Lipinski definition) is 3. The van der Waals surface area contributed by atoms with Crippen molar-refractivity contribution in [2.24, 2.45) is 11.7 Å². The molecule has 4 nitrogen and oxygen atoms in total. The van der Waals surface area contributed by atoms with Gasteiger partial charge in [-0.3, -0.25) is 9.59 Å². The summed E-state index contributed by atoms with van der Waals surface area (Å²) < 4.78 is 13.0. The summed E-state index contributed by atoms with van der Waals surface area (Å²) in [4.78, 5) is 27.1. The molecule has 2 N–H and O–H groups in total. The molecule has 3 rings (SSSR count). The average molecular weight is 355 g/mol. The van der Waals surface area contributed by atoms with Gasteiger partial charge in [-0.1, -0.05) is 12.8 Å². The minimum Gasteiger partial charge on any atom is -0.340 e. The van der Waals surface area contributed by atoms with Gasteiger partial charge in [0.05, 0.1) is 5.54 Å². The fraction of sp³-hybridized carbons (Fsp3) is 0.556. The summed E-state index contributed by atoms with van der Waals surface area (Å²) in [7, 11) is 0. The Morgan fingerprint density at radius 1 is 1.12 bits per heavy atom. The molecule has 6 heteroatoms. The first kappa shape index (κ1) is 18.9. The second-order valence-corrected chi connectivity index (χ2v) is 6.82. The van der Waals surface area contributed by atoms with Crippen LogP contribution in [0.2, 0.25) is 0 Å². The third-order valence-electron chi connectivity index (χ3n) is 5.13. The molecule has 0 bridgehead atoms. The Bertz CT molecular complexity index is 600. The fourth-order valence-electron chi connectivity index (χ4n) is 3.76. The molecule has 1 amide bonds. The fourth-order valence-corrected chi connectivity index (χ4v) is 3.76. The summed E-state index contributed by atoms with van der Waals surface area (Å²) in [5.41, 5.74) is 6.04. The molecule has 2 fully saturated rings. The van der Waals surface area contributed by atoms with E-state index in [0.717, 1.165) is 38.5 Å². The van der Waals surface area contributed by atoms with Crippen LogP contribution in [-0.2, 0) is 4.79 Å². The van der Waals surface area contributed by atoms with Crippen LogP contribution in [0.1, 0.15) is 48.9 Å². The van der Waals surface area contributed by atoms with Gasteiger partial charge in [0.15, 0.2) is 5.78 Å². The molecule has 132 valence electrons. The molecule has 0 aromatic heterocycles. The number of ketones is 1. The molecule has 0 spiro atoms. The van der Waals surface area contributed by atoms with Crippen LogP contribution in [0.25, 0.3) is 0 Å². The summed E-state index contributed by atoms with van der Waals surface area (Å²) >= 11 is 0. The number of Topliss-reactive ketones (excluding diaryl/α,β-unsaturated/α-hetero) is 1. The number of hydrogen-bond donors (Lipinski definition) is 1. The topological polar surface area (TPSA) is 63.4 Å². The summed E-state index contributed by atoms with van der Waals surface area (Å²) in [6.45, 7) is 1.10. The van der Waals surface area contributed by atoms with Gasteiger partial charge in [0.25, 0.3) is 0 Å². The van der Waals surface area contributed by atoms with Gasteiger partial charge in [0, 0.05) is 24.6 Å². The smallest absolute Gasteiger partial charge is 0.242 e. The van der Waals surface area contributed by atoms with Crippen molar-refractivity contribution in [3.63, 3.8) is 0 Å². The predicted octanol–water partition coefficient (Wildman–Crippen LogP) is 2.94. The second-order valence-electron chi connectivity index (χ2n) is 6.82. The van der Waals surface area contributed by atoms with E-state index in [4.69, 9.17) is 5.73 Å². The Morgan fingerprint density at radius 3 is 2.38 bits per heavy atom. The van der Waals surface area contributed by atoms with E-state index in [0.29, 0.717) is 18.7 Å². The highest BCUT2D eigenvalue weighted by atomic mass is 35.5. The first-order chi connectivity index (χ1) is 11.0. The zero-order valence-electron chi connectivity index (χ0n) is 13.7. The van der Waals surface area contributed by atoms with Crippen LogP contribution in [0.5, 0.6) is 0 Å². The number of nitrogens with zero attached hydrogens (tertiary/aromatic N) is 1. The van der Waals surface area contributed by atoms with Crippen molar-refractivity contribution in [1.29, 1.82) is 0 Å². The average Bonchev–Trinajstić information content (AvgIpc) is 3.02. The SMILES string of the molecule is Cl.NC1(C(=O)N2CCCC(C(=O)c3ccc(F)cc3)C2)CCCC1. The van der Waals surface area contributed by atoms with E-state index in [1.165, 1.54) is 24.3 Å². The number of carbonyl (C=O) groups excluding carboxylic acids is 2. The lowest BCUT2D eigenvalue weighted by molar-refractivity contribution is -0.138. The van der Waals surface area contributed by atoms with Crippen LogP contribution in [0.15, 0.2) is 24.3 Å². The molecule has 1 saturated carbocycles. The van der Waals surface area contributed by atoms with Crippen molar-refractivity contribution >= 4 is 24.1 Å². The van der Waals surface area contributed by atoms with Gasteiger partial charge >= 0.3 is 0 Å². The second kappa shape index (κ2) is 7.62. The van der Waals surface area contributed by atoms with Gasteiger partial charge in [0.1, 0.15) is 5.82 Å². The Morgan fingerprint density at radius 2 is 1.75 bits per heavy atom. The van der Waals surface area contributed by atoms with E-state index in [1.807, 2.05) is 0 Å². The molecule has 1 aromatic carbocycles. The number of rotatable bonds is 3. The van der Waals surface area contributed by atoms with E-state index in [9.17, 15) is 14.0 Å². The van der Waals surface area contributed by atoms with Gasteiger partial charge in [-0.25, -0.2) is 4.39 Å². The molecule has 1 aliphatic carbocycles. The van der Waals surface area contributed by atoms with Crippen molar-refractivity contribution in [1.82, 2.24) is 4.90 Å². The summed E-state index contributed by atoms with van der Waals surface area (Å²) in [5, 5.41) is 0. The van der Waals surface area contributed by atoms with Crippen molar-refractivity contribution in [2.45, 2.75) is 44.1 Å². The summed E-state index contributed by atoms with van der Waals surface area (Å²) in [5.74, 6) is -0.594. The van der Waals surface area contributed by atoms with Crippen LogP contribution in [0, 0.1) is 11.7 Å². The van der Waals surface area contributed by atoms with Crippen molar-refractivity contribution in [3.8, 4) is 0 Å². The highest BCUT2D eigenvalue weighted by molar-refractivity contribution is 5.98. The normalized spacial score (nSPS) is 22.8. The van der Waals surface area contributed by atoms with Gasteiger partial charge < -0.3 is 10.6 Å². The lowest BCUT2D eigenvalue weighted by Gasteiger charge is -2.37. The Kier molecular flexibility index (Phi) is 5.99. The number of likely N-dealkylation sites (tertiary alicyclic amines) is 1. The van der Waals surface area contributed by atoms with Crippen LogP contribution < -0.4 is 5.73 Å². The van der Waals surface area contributed by atoms with E-state index >= 15 is 0 Å². The number of amides is 1. The van der Waals surface area contributed by atoms with Crippen molar-refractivity contribution in [2.75, 3.05) is 13.1 Å². The lowest BCUT2D eigenvalue weighted by atomic mass is 9.88. The molecule has 1 heterocycles. The Labute approximate surface area is 148 Å². The third kappa shape index (κ3) is 3.78. The van der Waals surface area contributed by atoms with Crippen molar-refractivity contribution < 1.29 is 14.0 Å². The molecule has 1 unspecified atom stereocenters. The molecular weight excluding hydrogens is 331 g/mol. The van der Waals surface area contributed by atoms with Crippen LogP contribution in [0.4, 0.5) is 4.39 Å². The first-order valence-electron chi connectivity index (χ1n) is 8.38. The summed E-state index contributed by atoms with van der Waals surface area (Å²) in [6.07, 6.45) is 5.02. The highest BCUT2D eigenvalue weighted by Crippen LogP contribution is 2.31. The van der Waals surface area contributed by atoms with Crippen LogP contribution in [0.3, 0.4) is 0 Å². The number of carbonyl (C=O) groups is 2. The zero-order chi connectivity index (χ0) is 16.4. The Balaban J connectivity index is 0.00000208. The Hall–Kier alpha value is -1.46. The molecule has 1 saturated heterocycles. The monoisotopic (exact) mass is 354 g/mol. The largest absolute Gasteiger partial charge is 0.340 e. The maximum absolute atomic E-state index is 13.0. The highest BCUT2D eigenvalue weighted by Gasteiger charge is 2.41. The minimum atomic E-state index is -0.735. The van der Waals surface area contributed by atoms with Gasteiger partial charge in [-0.05, 0) is 49.9 Å². The van der Waals surface area contributed by atoms with E-state index < -0.39 is 5.54 Å². The quantitative estimate of drug-likeness (QED) is 0.849. The van der Waals surface area contributed by atoms with E-state index in [1.54, 1.807) is 4.90 Å². The first-order valence-corrected chi connectivity index (χ1v) is 8.38. The van der Waals surface area contributed by atoms with Crippen LogP contribution >= 0.6 is 12.4 Å². The maximum Gasteiger partial charge on any atom is 0.242 e. The molecule has 2 aliphatic rings. The number of piperidine rings is 1. The predicted molar refractivity (Wildman–Crippen MR) is 92.7 cm³/mol. The number of benzene rings is 1. The van der Waals surface area contributed by atoms with Gasteiger partial charge in [0.2, 0.25) is 5.91 Å². The molecule has 1 atom stereocenters. The maximum atomic E-state index is 13.0. The molecular formula is C18H24ClFN2O2. The zero-order valence-corrected chi connectivity index (χ0v) is 14.5. The molecule has 1 aromatic rings. The third-order valence-corrected chi connectivity index (χ3v) is 5.13. The van der Waals surface area contributed by atoms with Crippen molar-refractivity contribution in [3.05, 3.63) is 35.6 Å². The molecule has 0 radical (unpaired) electrons. The number of nitrogens with two attached hydrogens (primary N) is 1. The minimum absolute atomic E-state index is 0. The molecule has 1 aliphatic heterocycles. The van der Waals surface area contributed by atoms with Crippen LogP contribution in [-0.4, -0.2) is 35.2 Å². The lowest BCUT2D eigenvalue weighted by Crippen LogP contribution is -2.56.